The molecule has 108 valence electrons. The van der Waals surface area contributed by atoms with Crippen molar-refractivity contribution in [3.05, 3.63) is 34.2 Å². The van der Waals surface area contributed by atoms with Crippen molar-refractivity contribution in [3.63, 3.8) is 0 Å². The van der Waals surface area contributed by atoms with Gasteiger partial charge in [0.2, 0.25) is 5.56 Å². The van der Waals surface area contributed by atoms with E-state index in [1.165, 1.54) is 18.3 Å². The Morgan fingerprint density at radius 1 is 1.40 bits per heavy atom. The van der Waals surface area contributed by atoms with Crippen LogP contribution in [0.1, 0.15) is 36.0 Å². The molecule has 0 spiro atoms. The van der Waals surface area contributed by atoms with Crippen molar-refractivity contribution < 1.29 is 14.7 Å². The Morgan fingerprint density at radius 2 is 2.20 bits per heavy atom. The van der Waals surface area contributed by atoms with Gasteiger partial charge < -0.3 is 15.0 Å². The van der Waals surface area contributed by atoms with Gasteiger partial charge in [-0.2, -0.15) is 0 Å². The van der Waals surface area contributed by atoms with Crippen LogP contribution in [-0.4, -0.2) is 40.0 Å². The number of pyridine rings is 1. The van der Waals surface area contributed by atoms with Crippen molar-refractivity contribution in [2.75, 3.05) is 13.1 Å². The fourth-order valence-corrected chi connectivity index (χ4v) is 2.54. The lowest BCUT2D eigenvalue weighted by molar-refractivity contribution is -0.137. The van der Waals surface area contributed by atoms with Crippen LogP contribution in [0.5, 0.6) is 0 Å². The van der Waals surface area contributed by atoms with E-state index in [4.69, 9.17) is 5.11 Å². The summed E-state index contributed by atoms with van der Waals surface area (Å²) in [6, 6.07) is 2.85. The largest absolute Gasteiger partial charge is 0.481 e. The number of carboxylic acids is 1. The van der Waals surface area contributed by atoms with Crippen LogP contribution in [0.25, 0.3) is 0 Å². The number of piperidine rings is 1. The Balaban J connectivity index is 1.97. The summed E-state index contributed by atoms with van der Waals surface area (Å²) >= 11 is 0. The molecule has 2 rings (SSSR count). The van der Waals surface area contributed by atoms with E-state index in [0.717, 1.165) is 12.8 Å². The molecule has 1 fully saturated rings. The molecule has 1 aromatic rings. The highest BCUT2D eigenvalue weighted by atomic mass is 16.4. The van der Waals surface area contributed by atoms with Crippen molar-refractivity contribution in [2.45, 2.75) is 25.7 Å². The van der Waals surface area contributed by atoms with Gasteiger partial charge in [-0.25, -0.2) is 0 Å². The van der Waals surface area contributed by atoms with E-state index in [2.05, 4.69) is 4.98 Å². The van der Waals surface area contributed by atoms with Crippen LogP contribution in [0.15, 0.2) is 23.1 Å². The molecule has 1 aliphatic heterocycles. The molecule has 1 amide bonds. The highest BCUT2D eigenvalue weighted by Crippen LogP contribution is 2.22. The van der Waals surface area contributed by atoms with Gasteiger partial charge in [0.05, 0.1) is 5.56 Å². The SMILES string of the molecule is O=C(O)CCC1CCCN(C(=O)c2ccc(=O)[nH]c2)C1. The van der Waals surface area contributed by atoms with Crippen LogP contribution in [0.3, 0.4) is 0 Å². The number of nitrogens with zero attached hydrogens (tertiary/aromatic N) is 1. The average molecular weight is 278 g/mol. The van der Waals surface area contributed by atoms with E-state index in [0.29, 0.717) is 25.1 Å². The number of likely N-dealkylation sites (tertiary alicyclic amines) is 1. The maximum Gasteiger partial charge on any atom is 0.303 e. The molecule has 0 aromatic carbocycles. The second-order valence-electron chi connectivity index (χ2n) is 5.13. The third kappa shape index (κ3) is 3.69. The fourth-order valence-electron chi connectivity index (χ4n) is 2.54. The lowest BCUT2D eigenvalue weighted by atomic mass is 9.93. The number of carbonyl (C=O) groups is 2. The first kappa shape index (κ1) is 14.3. The fraction of sp³-hybridized carbons (Fsp3) is 0.500. The summed E-state index contributed by atoms with van der Waals surface area (Å²) in [5, 5.41) is 8.71. The van der Waals surface area contributed by atoms with Gasteiger partial charge in [0.1, 0.15) is 0 Å². The van der Waals surface area contributed by atoms with Gasteiger partial charge in [-0.3, -0.25) is 14.4 Å². The molecule has 0 radical (unpaired) electrons. The Morgan fingerprint density at radius 3 is 2.85 bits per heavy atom. The molecule has 1 aliphatic rings. The van der Waals surface area contributed by atoms with Gasteiger partial charge in [0, 0.05) is 31.8 Å². The molecule has 1 unspecified atom stereocenters. The lowest BCUT2D eigenvalue weighted by Gasteiger charge is -2.32. The van der Waals surface area contributed by atoms with Crippen molar-refractivity contribution in [1.82, 2.24) is 9.88 Å². The average Bonchev–Trinajstić information content (AvgIpc) is 2.45. The summed E-state index contributed by atoms with van der Waals surface area (Å²) in [6.45, 7) is 1.27. The van der Waals surface area contributed by atoms with Crippen molar-refractivity contribution >= 4 is 11.9 Å². The van der Waals surface area contributed by atoms with Crippen LogP contribution >= 0.6 is 0 Å². The summed E-state index contributed by atoms with van der Waals surface area (Å²) < 4.78 is 0. The normalized spacial score (nSPS) is 18.8. The van der Waals surface area contributed by atoms with Crippen LogP contribution < -0.4 is 5.56 Å². The minimum Gasteiger partial charge on any atom is -0.481 e. The van der Waals surface area contributed by atoms with Crippen molar-refractivity contribution in [2.24, 2.45) is 5.92 Å². The number of nitrogens with one attached hydrogen (secondary N) is 1. The smallest absolute Gasteiger partial charge is 0.303 e. The zero-order valence-corrected chi connectivity index (χ0v) is 11.2. The number of carbonyl (C=O) groups excluding carboxylic acids is 1. The van der Waals surface area contributed by atoms with Crippen molar-refractivity contribution in [1.29, 1.82) is 0 Å². The van der Waals surface area contributed by atoms with Gasteiger partial charge in [0.15, 0.2) is 0 Å². The second-order valence-corrected chi connectivity index (χ2v) is 5.13. The van der Waals surface area contributed by atoms with Gasteiger partial charge in [-0.1, -0.05) is 0 Å². The highest BCUT2D eigenvalue weighted by Gasteiger charge is 2.24. The topological polar surface area (TPSA) is 90.5 Å². The minimum absolute atomic E-state index is 0.110. The Bertz CT molecular complexity index is 532. The van der Waals surface area contributed by atoms with E-state index in [-0.39, 0.29) is 23.8 Å². The molecule has 2 N–H and O–H groups in total. The molecule has 1 saturated heterocycles. The highest BCUT2D eigenvalue weighted by molar-refractivity contribution is 5.93. The van der Waals surface area contributed by atoms with E-state index in [9.17, 15) is 14.4 Å². The molecule has 0 saturated carbocycles. The van der Waals surface area contributed by atoms with Crippen LogP contribution in [0.4, 0.5) is 0 Å². The van der Waals surface area contributed by atoms with Gasteiger partial charge in [-0.15, -0.1) is 0 Å². The van der Waals surface area contributed by atoms with E-state index < -0.39 is 5.97 Å². The number of aromatic amines is 1. The first-order valence-corrected chi connectivity index (χ1v) is 6.76. The molecule has 6 nitrogen and oxygen atoms in total. The number of aromatic nitrogens is 1. The van der Waals surface area contributed by atoms with E-state index >= 15 is 0 Å². The summed E-state index contributed by atoms with van der Waals surface area (Å²) in [5.41, 5.74) is 0.225. The Hall–Kier alpha value is -2.11. The molecule has 0 bridgehead atoms. The molecule has 1 aromatic heterocycles. The molecule has 20 heavy (non-hydrogen) atoms. The standard InChI is InChI=1S/C14H18N2O4/c17-12-5-4-11(8-15-12)14(20)16-7-1-2-10(9-16)3-6-13(18)19/h4-5,8,10H,1-3,6-7,9H2,(H,15,17)(H,18,19). The third-order valence-corrected chi connectivity index (χ3v) is 3.60. The zero-order valence-electron chi connectivity index (χ0n) is 11.2. The molecule has 6 heteroatoms. The summed E-state index contributed by atoms with van der Waals surface area (Å²) in [7, 11) is 0. The van der Waals surface area contributed by atoms with Crippen LogP contribution in [-0.2, 0) is 4.79 Å². The summed E-state index contributed by atoms with van der Waals surface area (Å²) in [6.07, 6.45) is 4.02. The number of H-pyrrole nitrogens is 1. The first-order chi connectivity index (χ1) is 9.56. The van der Waals surface area contributed by atoms with E-state index in [1.54, 1.807) is 4.90 Å². The molecule has 2 heterocycles. The lowest BCUT2D eigenvalue weighted by Crippen LogP contribution is -2.40. The molecular weight excluding hydrogens is 260 g/mol. The number of aliphatic carboxylic acids is 1. The van der Waals surface area contributed by atoms with Crippen molar-refractivity contribution in [3.8, 4) is 0 Å². The molecular formula is C14H18N2O4. The Labute approximate surface area is 116 Å². The predicted octanol–water partition coefficient (Wildman–Crippen LogP) is 1.09. The third-order valence-electron chi connectivity index (χ3n) is 3.60. The number of carboxylic acid groups (broad SMARTS) is 1. The molecule has 0 aliphatic carbocycles. The predicted molar refractivity (Wildman–Crippen MR) is 72.6 cm³/mol. The van der Waals surface area contributed by atoms with Gasteiger partial charge in [-0.05, 0) is 31.2 Å². The zero-order chi connectivity index (χ0) is 14.5. The Kier molecular flexibility index (Phi) is 4.55. The quantitative estimate of drug-likeness (QED) is 0.862. The monoisotopic (exact) mass is 278 g/mol. The number of rotatable bonds is 4. The van der Waals surface area contributed by atoms with Crippen LogP contribution in [0, 0.1) is 5.92 Å². The van der Waals surface area contributed by atoms with E-state index in [1.807, 2.05) is 0 Å². The van der Waals surface area contributed by atoms with Gasteiger partial charge in [0.25, 0.3) is 5.91 Å². The summed E-state index contributed by atoms with van der Waals surface area (Å²) in [4.78, 5) is 38.1. The molecule has 1 atom stereocenters. The number of hydrogen-bond donors (Lipinski definition) is 2. The first-order valence-electron chi connectivity index (χ1n) is 6.76. The number of amides is 1. The second kappa shape index (κ2) is 6.36. The maximum absolute atomic E-state index is 12.3. The summed E-state index contributed by atoms with van der Waals surface area (Å²) in [5.74, 6) is -0.665. The minimum atomic E-state index is -0.797. The maximum atomic E-state index is 12.3. The van der Waals surface area contributed by atoms with Crippen LogP contribution in [0.2, 0.25) is 0 Å². The van der Waals surface area contributed by atoms with Gasteiger partial charge >= 0.3 is 5.97 Å². The number of hydrogen-bond acceptors (Lipinski definition) is 3.